The van der Waals surface area contributed by atoms with Gasteiger partial charge in [-0.3, -0.25) is 14.8 Å². The zero-order chi connectivity index (χ0) is 44.2. The molecule has 0 saturated carbocycles. The van der Waals surface area contributed by atoms with Gasteiger partial charge in [-0.25, -0.2) is 4.79 Å². The molecule has 1 amide bonds. The van der Waals surface area contributed by atoms with Gasteiger partial charge in [-0.05, 0) is 30.7 Å². The molecule has 0 aliphatic heterocycles. The Morgan fingerprint density at radius 3 is 1.56 bits per heavy atom. The van der Waals surface area contributed by atoms with Crippen LogP contribution in [0.1, 0.15) is 60.5 Å². The van der Waals surface area contributed by atoms with Crippen molar-refractivity contribution in [3.05, 3.63) is 162 Å². The summed E-state index contributed by atoms with van der Waals surface area (Å²) >= 11 is 27.1. The van der Waals surface area contributed by atoms with Gasteiger partial charge in [0.2, 0.25) is 0 Å². The Morgan fingerprint density at radius 1 is 0.629 bits per heavy atom. The van der Waals surface area contributed by atoms with Gasteiger partial charge >= 0.3 is 5.97 Å². The second-order valence-corrected chi connectivity index (χ2v) is 14.9. The molecule has 3 N–H and O–H groups in total. The van der Waals surface area contributed by atoms with Crippen molar-refractivity contribution in [1.82, 2.24) is 15.3 Å². The molecule has 0 bridgehead atoms. The molecule has 0 aliphatic carbocycles. The molecule has 0 atom stereocenters. The highest BCUT2D eigenvalue weighted by molar-refractivity contribution is 6.37. The van der Waals surface area contributed by atoms with Crippen LogP contribution in [0.2, 0.25) is 20.1 Å². The zero-order valence-corrected chi connectivity index (χ0v) is 35.4. The normalized spacial score (nSPS) is 10.6. The van der Waals surface area contributed by atoms with Crippen LogP contribution >= 0.6 is 46.4 Å². The zero-order valence-electron chi connectivity index (χ0n) is 32.3. The second kappa shape index (κ2) is 21.3. The fraction of sp³-hybridized carbons (Fsp3) is 0.156. The van der Waals surface area contributed by atoms with Crippen LogP contribution in [0.5, 0.6) is 23.0 Å². The summed E-state index contributed by atoms with van der Waals surface area (Å²) in [6.45, 7) is -0.0696. The van der Waals surface area contributed by atoms with Crippen molar-refractivity contribution >= 4 is 58.3 Å². The van der Waals surface area contributed by atoms with Gasteiger partial charge in [-0.15, -0.1) is 0 Å². The number of rotatable bonds is 18. The van der Waals surface area contributed by atoms with E-state index in [-0.39, 0.29) is 83.7 Å². The Labute approximate surface area is 375 Å². The highest BCUT2D eigenvalue weighted by Crippen LogP contribution is 2.40. The molecule has 6 aromatic rings. The second-order valence-electron chi connectivity index (χ2n) is 13.3. The number of aromatic carboxylic acids is 1. The molecule has 0 aliphatic rings. The first-order chi connectivity index (χ1) is 30.0. The smallest absolute Gasteiger partial charge is 0.339 e. The molecular formula is C45H33Cl4N5O8. The summed E-state index contributed by atoms with van der Waals surface area (Å²) < 4.78 is 24.1. The number of benzene rings is 4. The largest absolute Gasteiger partial charge is 0.488 e. The first-order valence-electron chi connectivity index (χ1n) is 18.5. The van der Waals surface area contributed by atoms with E-state index in [1.807, 2.05) is 12.1 Å². The summed E-state index contributed by atoms with van der Waals surface area (Å²) in [5.41, 5.74) is 4.09. The van der Waals surface area contributed by atoms with Crippen molar-refractivity contribution in [3.63, 3.8) is 0 Å². The fourth-order valence-corrected chi connectivity index (χ4v) is 6.94. The van der Waals surface area contributed by atoms with Gasteiger partial charge in [-0.1, -0.05) is 82.8 Å². The number of carbonyl (C=O) groups excluding carboxylic acids is 1. The SMILES string of the molecule is N#Cc1cncc(COc2cc(OCc3cccc(-c4cccc(COc5cc(OCc6cncc(C#N)c6)c(C(=O)NCCCO)cc5Cl)c4Cl)c3Cl)c(Cl)cc2C(=O)O)c1. The lowest BCUT2D eigenvalue weighted by Crippen LogP contribution is -2.25. The molecule has 6 rings (SSSR count). The number of amides is 1. The van der Waals surface area contributed by atoms with Gasteiger partial charge in [0, 0.05) is 83.5 Å². The highest BCUT2D eigenvalue weighted by atomic mass is 35.5. The van der Waals surface area contributed by atoms with Gasteiger partial charge in [0.15, 0.2) is 0 Å². The molecule has 0 spiro atoms. The van der Waals surface area contributed by atoms with Crippen LogP contribution in [-0.4, -0.2) is 45.2 Å². The lowest BCUT2D eigenvalue weighted by Gasteiger charge is -2.17. The topological polar surface area (TPSA) is 197 Å². The lowest BCUT2D eigenvalue weighted by molar-refractivity contribution is 0.0691. The number of nitrogens with one attached hydrogen (secondary N) is 1. The minimum atomic E-state index is -1.26. The monoisotopic (exact) mass is 911 g/mol. The number of carbonyl (C=O) groups is 2. The van der Waals surface area contributed by atoms with Crippen molar-refractivity contribution < 1.29 is 38.7 Å². The van der Waals surface area contributed by atoms with Crippen molar-refractivity contribution in [3.8, 4) is 46.3 Å². The maximum absolute atomic E-state index is 13.1. The van der Waals surface area contributed by atoms with E-state index in [4.69, 9.17) is 65.4 Å². The average molecular weight is 914 g/mol. The number of carboxylic acid groups (broad SMARTS) is 1. The van der Waals surface area contributed by atoms with Crippen molar-refractivity contribution in [2.45, 2.75) is 32.8 Å². The van der Waals surface area contributed by atoms with E-state index < -0.39 is 11.9 Å². The summed E-state index contributed by atoms with van der Waals surface area (Å²) in [7, 11) is 0. The Balaban J connectivity index is 1.19. The number of halogens is 4. The van der Waals surface area contributed by atoms with Gasteiger partial charge in [0.25, 0.3) is 5.91 Å². The maximum Gasteiger partial charge on any atom is 0.339 e. The van der Waals surface area contributed by atoms with Crippen LogP contribution in [0.15, 0.2) is 97.6 Å². The summed E-state index contributed by atoms with van der Waals surface area (Å²) in [5, 5.41) is 41.0. The maximum atomic E-state index is 13.1. The number of aliphatic hydroxyl groups is 1. The van der Waals surface area contributed by atoms with E-state index in [9.17, 15) is 30.3 Å². The number of aliphatic hydroxyl groups excluding tert-OH is 1. The van der Waals surface area contributed by atoms with Crippen LogP contribution in [-0.2, 0) is 26.4 Å². The number of pyridine rings is 2. The minimum absolute atomic E-state index is 0.00881. The first kappa shape index (κ1) is 45.0. The first-order valence-corrected chi connectivity index (χ1v) is 20.0. The molecular weight excluding hydrogens is 880 g/mol. The summed E-state index contributed by atoms with van der Waals surface area (Å²) in [4.78, 5) is 33.2. The summed E-state index contributed by atoms with van der Waals surface area (Å²) in [6, 6.07) is 23.4. The molecule has 0 unspecified atom stereocenters. The van der Waals surface area contributed by atoms with Crippen LogP contribution in [0.4, 0.5) is 0 Å². The Morgan fingerprint density at radius 2 is 1.10 bits per heavy atom. The van der Waals surface area contributed by atoms with E-state index in [1.54, 1.807) is 54.7 Å². The number of nitriles is 2. The number of hydrogen-bond donors (Lipinski definition) is 3. The van der Waals surface area contributed by atoms with E-state index in [2.05, 4.69) is 15.3 Å². The molecule has 4 aromatic carbocycles. The van der Waals surface area contributed by atoms with Crippen molar-refractivity contribution in [1.29, 1.82) is 10.5 Å². The van der Waals surface area contributed by atoms with Gasteiger partial charge in [-0.2, -0.15) is 10.5 Å². The Kier molecular flexibility index (Phi) is 15.4. The third-order valence-corrected chi connectivity index (χ3v) is 10.5. The Hall–Kier alpha value is -6.58. The number of hydrogen-bond acceptors (Lipinski definition) is 11. The quantitative estimate of drug-likeness (QED) is 0.0692. The summed E-state index contributed by atoms with van der Waals surface area (Å²) in [6.07, 6.45) is 6.23. The molecule has 62 heavy (non-hydrogen) atoms. The molecule has 0 fully saturated rings. The molecule has 13 nitrogen and oxygen atoms in total. The van der Waals surface area contributed by atoms with E-state index in [0.29, 0.717) is 61.0 Å². The molecule has 17 heteroatoms. The number of carboxylic acids is 1. The van der Waals surface area contributed by atoms with Crippen LogP contribution < -0.4 is 24.3 Å². The van der Waals surface area contributed by atoms with E-state index in [1.165, 1.54) is 42.9 Å². The minimum Gasteiger partial charge on any atom is -0.488 e. The molecule has 314 valence electrons. The molecule has 2 aromatic heterocycles. The predicted molar refractivity (Wildman–Crippen MR) is 231 cm³/mol. The van der Waals surface area contributed by atoms with Crippen LogP contribution in [0, 0.1) is 22.7 Å². The van der Waals surface area contributed by atoms with E-state index in [0.717, 1.165) is 0 Å². The molecule has 2 heterocycles. The standard InChI is InChI=1S/C45H33Cl4N5O8/c46-36-12-34(44(56)54-8-3-9-55)38(59-22-28-10-26(16-50)18-52-20-28)14-40(36)61-24-30-4-1-6-32(42(30)48)33-7-2-5-31(43(33)49)25-62-41-15-39(35(45(57)58)13-37(41)47)60-23-29-11-27(17-51)19-53-21-29/h1-2,4-7,10-15,18-21,55H,3,8-9,22-25H2,(H,54,56)(H,57,58). The van der Waals surface area contributed by atoms with Crippen LogP contribution in [0.3, 0.4) is 0 Å². The lowest BCUT2D eigenvalue weighted by atomic mass is 10.0. The number of ether oxygens (including phenoxy) is 4. The van der Waals surface area contributed by atoms with Crippen molar-refractivity contribution in [2.24, 2.45) is 0 Å². The predicted octanol–water partition coefficient (Wildman–Crippen LogP) is 9.63. The van der Waals surface area contributed by atoms with Gasteiger partial charge < -0.3 is 34.5 Å². The van der Waals surface area contributed by atoms with Crippen molar-refractivity contribution in [2.75, 3.05) is 13.2 Å². The van der Waals surface area contributed by atoms with Gasteiger partial charge in [0.05, 0.1) is 36.8 Å². The Bertz CT molecular complexity index is 2720. The van der Waals surface area contributed by atoms with Gasteiger partial charge in [0.1, 0.15) is 67.1 Å². The van der Waals surface area contributed by atoms with Crippen LogP contribution in [0.25, 0.3) is 11.1 Å². The third kappa shape index (κ3) is 11.2. The molecule has 0 radical (unpaired) electrons. The number of nitrogens with zero attached hydrogens (tertiary/aromatic N) is 4. The summed E-state index contributed by atoms with van der Waals surface area (Å²) in [5.74, 6) is -1.25. The number of aromatic nitrogens is 2. The average Bonchev–Trinajstić information content (AvgIpc) is 3.28. The third-order valence-electron chi connectivity index (χ3n) is 9.01. The fourth-order valence-electron chi connectivity index (χ4n) is 5.94. The molecule has 0 saturated heterocycles. The van der Waals surface area contributed by atoms with E-state index >= 15 is 0 Å². The highest BCUT2D eigenvalue weighted by Gasteiger charge is 2.21.